The topological polar surface area (TPSA) is 66.5 Å². The highest BCUT2D eigenvalue weighted by Gasteiger charge is 2.24. The minimum Gasteiger partial charge on any atom is -0.339 e. The van der Waals surface area contributed by atoms with Gasteiger partial charge in [0.15, 0.2) is 0 Å². The Labute approximate surface area is 168 Å². The third-order valence-electron chi connectivity index (χ3n) is 5.21. The van der Waals surface area contributed by atoms with Gasteiger partial charge in [0, 0.05) is 24.5 Å². The van der Waals surface area contributed by atoms with Crippen LogP contribution in [0.15, 0.2) is 28.0 Å². The predicted molar refractivity (Wildman–Crippen MR) is 112 cm³/mol. The molecule has 0 bridgehead atoms. The second kappa shape index (κ2) is 10.5. The molecular weight excluding hydrogens is 380 g/mol. The number of rotatable bonds is 10. The zero-order chi connectivity index (χ0) is 19.9. The van der Waals surface area contributed by atoms with Gasteiger partial charge < -0.3 is 4.90 Å². The summed E-state index contributed by atoms with van der Waals surface area (Å²) in [6.45, 7) is 6.17. The first kappa shape index (κ1) is 22.2. The number of sulfonamides is 1. The summed E-state index contributed by atoms with van der Waals surface area (Å²) in [6.07, 6.45) is 8.12. The Morgan fingerprint density at radius 1 is 1.26 bits per heavy atom. The number of amides is 1. The monoisotopic (exact) mass is 412 g/mol. The molecule has 1 amide bonds. The third-order valence-corrected chi connectivity index (χ3v) is 7.43. The molecule has 1 saturated heterocycles. The van der Waals surface area contributed by atoms with Crippen LogP contribution in [0.5, 0.6) is 0 Å². The van der Waals surface area contributed by atoms with E-state index in [1.807, 2.05) is 11.2 Å². The second-order valence-electron chi connectivity index (χ2n) is 7.13. The minimum atomic E-state index is -3.62. The molecular formula is C20H32N2O3S2. The molecule has 1 unspecified atom stereocenters. The van der Waals surface area contributed by atoms with E-state index in [-0.39, 0.29) is 10.8 Å². The first-order chi connectivity index (χ1) is 12.9. The fraction of sp³-hybridized carbons (Fsp3) is 0.650. The van der Waals surface area contributed by atoms with Crippen molar-refractivity contribution >= 4 is 27.7 Å². The Hall–Kier alpha value is -1.05. The van der Waals surface area contributed by atoms with Crippen LogP contribution >= 0.6 is 11.8 Å². The lowest BCUT2D eigenvalue weighted by Gasteiger charge is -2.19. The smallest absolute Gasteiger partial charge is 0.255 e. The summed E-state index contributed by atoms with van der Waals surface area (Å²) in [5.74, 6) is 0.277. The van der Waals surface area contributed by atoms with Gasteiger partial charge in [-0.25, -0.2) is 13.1 Å². The van der Waals surface area contributed by atoms with Crippen LogP contribution in [-0.4, -0.2) is 45.1 Å². The maximum atomic E-state index is 12.8. The van der Waals surface area contributed by atoms with E-state index in [9.17, 15) is 13.2 Å². The summed E-state index contributed by atoms with van der Waals surface area (Å²) < 4.78 is 28.3. The second-order valence-corrected chi connectivity index (χ2v) is 9.74. The van der Waals surface area contributed by atoms with Crippen LogP contribution in [0.25, 0.3) is 0 Å². The van der Waals surface area contributed by atoms with Crippen molar-refractivity contribution in [1.82, 2.24) is 9.62 Å². The molecule has 1 fully saturated rings. The van der Waals surface area contributed by atoms with Gasteiger partial charge in [-0.15, -0.1) is 11.8 Å². The minimum absolute atomic E-state index is 0.0664. The third kappa shape index (κ3) is 5.96. The van der Waals surface area contributed by atoms with Crippen molar-refractivity contribution in [3.8, 4) is 0 Å². The molecule has 0 aromatic heterocycles. The van der Waals surface area contributed by atoms with E-state index in [1.165, 1.54) is 11.8 Å². The normalized spacial score (nSPS) is 15.9. The van der Waals surface area contributed by atoms with Gasteiger partial charge in [0.05, 0.1) is 10.5 Å². The van der Waals surface area contributed by atoms with E-state index in [0.717, 1.165) is 56.5 Å². The van der Waals surface area contributed by atoms with Crippen molar-refractivity contribution in [3.63, 3.8) is 0 Å². The first-order valence-corrected chi connectivity index (χ1v) is 12.6. The van der Waals surface area contributed by atoms with Crippen molar-refractivity contribution in [1.29, 1.82) is 0 Å². The van der Waals surface area contributed by atoms with Crippen molar-refractivity contribution in [2.45, 2.75) is 62.2 Å². The maximum absolute atomic E-state index is 12.8. The SMILES string of the molecule is CCCCC(CC)CNS(=O)(=O)c1ccc(SC)c(C(=O)N2CCCC2)c1. The van der Waals surface area contributed by atoms with Gasteiger partial charge in [-0.1, -0.05) is 33.1 Å². The van der Waals surface area contributed by atoms with Crippen LogP contribution in [0.1, 0.15) is 62.7 Å². The van der Waals surface area contributed by atoms with Gasteiger partial charge in [-0.3, -0.25) is 4.79 Å². The molecule has 27 heavy (non-hydrogen) atoms. The van der Waals surface area contributed by atoms with Gasteiger partial charge in [-0.05, 0) is 49.6 Å². The Kier molecular flexibility index (Phi) is 8.63. The molecule has 1 aromatic carbocycles. The number of benzene rings is 1. The van der Waals surface area contributed by atoms with E-state index in [0.29, 0.717) is 18.0 Å². The fourth-order valence-corrected chi connectivity index (χ4v) is 5.08. The average Bonchev–Trinajstić information content (AvgIpc) is 3.21. The van der Waals surface area contributed by atoms with E-state index in [1.54, 1.807) is 18.2 Å². The predicted octanol–water partition coefficient (Wildman–Crippen LogP) is 4.14. The molecule has 1 N–H and O–H groups in total. The molecule has 0 radical (unpaired) electrons. The van der Waals surface area contributed by atoms with Gasteiger partial charge in [-0.2, -0.15) is 0 Å². The molecule has 1 aromatic rings. The summed E-state index contributed by atoms with van der Waals surface area (Å²) in [5.41, 5.74) is 0.491. The number of unbranched alkanes of at least 4 members (excludes halogenated alkanes) is 1. The highest BCUT2D eigenvalue weighted by molar-refractivity contribution is 7.98. The first-order valence-electron chi connectivity index (χ1n) is 9.89. The Balaban J connectivity index is 2.18. The molecule has 5 nitrogen and oxygen atoms in total. The number of carbonyl (C=O) groups is 1. The summed E-state index contributed by atoms with van der Waals surface area (Å²) in [6, 6.07) is 4.89. The van der Waals surface area contributed by atoms with E-state index in [4.69, 9.17) is 0 Å². The molecule has 0 saturated carbocycles. The number of carbonyl (C=O) groups excluding carboxylic acids is 1. The van der Waals surface area contributed by atoms with Crippen LogP contribution in [-0.2, 0) is 10.0 Å². The van der Waals surface area contributed by atoms with Crippen molar-refractivity contribution < 1.29 is 13.2 Å². The largest absolute Gasteiger partial charge is 0.339 e. The number of thioether (sulfide) groups is 1. The summed E-state index contributed by atoms with van der Waals surface area (Å²) >= 11 is 1.47. The molecule has 2 rings (SSSR count). The number of nitrogens with one attached hydrogen (secondary N) is 1. The van der Waals surface area contributed by atoms with Gasteiger partial charge in [0.2, 0.25) is 10.0 Å². The molecule has 0 aliphatic carbocycles. The maximum Gasteiger partial charge on any atom is 0.255 e. The van der Waals surface area contributed by atoms with Crippen LogP contribution in [0.2, 0.25) is 0 Å². The molecule has 1 atom stereocenters. The molecule has 152 valence electrons. The number of nitrogens with zero attached hydrogens (tertiary/aromatic N) is 1. The number of hydrogen-bond acceptors (Lipinski definition) is 4. The Morgan fingerprint density at radius 3 is 2.56 bits per heavy atom. The van der Waals surface area contributed by atoms with Crippen molar-refractivity contribution in [2.24, 2.45) is 5.92 Å². The molecule has 1 aliphatic rings. The highest BCUT2D eigenvalue weighted by atomic mass is 32.2. The average molecular weight is 413 g/mol. The van der Waals surface area contributed by atoms with Gasteiger partial charge in [0.25, 0.3) is 5.91 Å². The van der Waals surface area contributed by atoms with Crippen molar-refractivity contribution in [2.75, 3.05) is 25.9 Å². The molecule has 0 spiro atoms. The van der Waals surface area contributed by atoms with Gasteiger partial charge in [0.1, 0.15) is 0 Å². The molecule has 7 heteroatoms. The van der Waals surface area contributed by atoms with E-state index >= 15 is 0 Å². The van der Waals surface area contributed by atoms with Crippen LogP contribution in [0.3, 0.4) is 0 Å². The number of hydrogen-bond donors (Lipinski definition) is 1. The zero-order valence-electron chi connectivity index (χ0n) is 16.7. The lowest BCUT2D eigenvalue weighted by atomic mass is 10.00. The fourth-order valence-electron chi connectivity index (χ4n) is 3.37. The van der Waals surface area contributed by atoms with Crippen LogP contribution < -0.4 is 4.72 Å². The van der Waals surface area contributed by atoms with Gasteiger partial charge >= 0.3 is 0 Å². The van der Waals surface area contributed by atoms with E-state index < -0.39 is 10.0 Å². The summed E-state index contributed by atoms with van der Waals surface area (Å²) in [7, 11) is -3.62. The Bertz CT molecular complexity index is 729. The highest BCUT2D eigenvalue weighted by Crippen LogP contribution is 2.26. The van der Waals surface area contributed by atoms with E-state index in [2.05, 4.69) is 18.6 Å². The van der Waals surface area contributed by atoms with Crippen molar-refractivity contribution in [3.05, 3.63) is 23.8 Å². The van der Waals surface area contributed by atoms with Crippen LogP contribution in [0.4, 0.5) is 0 Å². The quantitative estimate of drug-likeness (QED) is 0.587. The lowest BCUT2D eigenvalue weighted by molar-refractivity contribution is 0.0789. The molecule has 1 heterocycles. The lowest BCUT2D eigenvalue weighted by Crippen LogP contribution is -2.30. The Morgan fingerprint density at radius 2 is 1.96 bits per heavy atom. The van der Waals surface area contributed by atoms with Crippen LogP contribution in [0, 0.1) is 5.92 Å². The summed E-state index contributed by atoms with van der Waals surface area (Å²) in [4.78, 5) is 15.6. The number of likely N-dealkylation sites (tertiary alicyclic amines) is 1. The standard InChI is InChI=1S/C20H32N2O3S2/c1-4-6-9-16(5-2)15-21-27(24,25)17-10-11-19(26-3)18(14-17)20(23)22-12-7-8-13-22/h10-11,14,16,21H,4-9,12-13,15H2,1-3H3. The molecule has 1 aliphatic heterocycles. The zero-order valence-corrected chi connectivity index (χ0v) is 18.3. The summed E-state index contributed by atoms with van der Waals surface area (Å²) in [5, 5.41) is 0.